The lowest BCUT2D eigenvalue weighted by atomic mass is 9.84. The fourth-order valence-corrected chi connectivity index (χ4v) is 7.41. The Balaban J connectivity index is 2.12. The van der Waals surface area contributed by atoms with Crippen LogP contribution in [0.15, 0.2) is 11.6 Å². The molecule has 0 spiro atoms. The van der Waals surface area contributed by atoms with Gasteiger partial charge in [-0.05, 0) is 103 Å². The van der Waals surface area contributed by atoms with Crippen molar-refractivity contribution in [3.63, 3.8) is 0 Å². The van der Waals surface area contributed by atoms with Crippen LogP contribution >= 0.6 is 0 Å². The Hall–Kier alpha value is -2.46. The number of carbonyl (C=O) groups is 4. The fraction of sp³-hybridized carbons (Fsp3) is 0.850. The second-order valence-electron chi connectivity index (χ2n) is 16.5. The highest BCUT2D eigenvalue weighted by atomic mass is 16.2. The molecule has 2 rings (SSSR count). The standard InChI is InChI=1S/C40H74N6O4/c1-12-14-23-44(24-15-13-2)25-19-22-41-36(47)32-21-18-27-46(32)38(49)31(7)28-34(29(3)4)43(11)39(50)35(40(8,9)10)42-37(48)33-20-16-17-26-45(33)30(5)6/h28-30,32-35H,12-27H2,1-11H3,(H,41,47)(H,42,48)/b31-28+/t32-,33+,34?,35?/m0/s1. The van der Waals surface area contributed by atoms with Crippen LogP contribution in [0.3, 0.4) is 0 Å². The number of nitrogens with zero attached hydrogens (tertiary/aromatic N) is 4. The molecule has 2 saturated heterocycles. The van der Waals surface area contributed by atoms with Gasteiger partial charge < -0.3 is 25.3 Å². The molecule has 0 aromatic rings. The Morgan fingerprint density at radius 1 is 0.840 bits per heavy atom. The van der Waals surface area contributed by atoms with Crippen molar-refractivity contribution in [2.45, 2.75) is 164 Å². The lowest BCUT2D eigenvalue weighted by molar-refractivity contribution is -0.142. The van der Waals surface area contributed by atoms with Crippen molar-refractivity contribution in [1.82, 2.24) is 30.2 Å². The van der Waals surface area contributed by atoms with E-state index in [1.54, 1.807) is 23.8 Å². The molecule has 50 heavy (non-hydrogen) atoms. The smallest absolute Gasteiger partial charge is 0.249 e. The lowest BCUT2D eigenvalue weighted by Gasteiger charge is -2.41. The number of nitrogens with one attached hydrogen (secondary N) is 2. The van der Waals surface area contributed by atoms with Crippen molar-refractivity contribution in [3.05, 3.63) is 11.6 Å². The SMILES string of the molecule is CCCCN(CCCC)CCCNC(=O)[C@@H]1CCCN1C(=O)/C(C)=C/C(C(C)C)N(C)C(=O)C(NC(=O)[C@H]1CCCCN1C(C)C)C(C)(C)C. The van der Waals surface area contributed by atoms with Crippen LogP contribution in [-0.4, -0.2) is 120 Å². The van der Waals surface area contributed by atoms with E-state index in [1.807, 2.05) is 40.7 Å². The first kappa shape index (κ1) is 43.7. The number of likely N-dealkylation sites (N-methyl/N-ethyl adjacent to an activating group) is 1. The van der Waals surface area contributed by atoms with Crippen molar-refractivity contribution >= 4 is 23.6 Å². The largest absolute Gasteiger partial charge is 0.354 e. The third kappa shape index (κ3) is 12.9. The third-order valence-corrected chi connectivity index (χ3v) is 10.6. The lowest BCUT2D eigenvalue weighted by Crippen LogP contribution is -2.60. The van der Waals surface area contributed by atoms with Gasteiger partial charge in [0.15, 0.2) is 0 Å². The average Bonchev–Trinajstić information content (AvgIpc) is 3.57. The Morgan fingerprint density at radius 2 is 1.44 bits per heavy atom. The molecule has 2 N–H and O–H groups in total. The van der Waals surface area contributed by atoms with Gasteiger partial charge >= 0.3 is 0 Å². The van der Waals surface area contributed by atoms with Gasteiger partial charge in [-0.2, -0.15) is 0 Å². The zero-order chi connectivity index (χ0) is 37.6. The molecule has 0 radical (unpaired) electrons. The van der Waals surface area contributed by atoms with Crippen molar-refractivity contribution in [2.75, 3.05) is 46.3 Å². The Morgan fingerprint density at radius 3 is 2.00 bits per heavy atom. The van der Waals surface area contributed by atoms with Gasteiger partial charge in [0.05, 0.1) is 12.1 Å². The van der Waals surface area contributed by atoms with E-state index >= 15 is 0 Å². The maximum atomic E-state index is 14.2. The van der Waals surface area contributed by atoms with Crippen LogP contribution in [0.2, 0.25) is 0 Å². The Bertz CT molecular complexity index is 1110. The number of unbranched alkanes of at least 4 members (excludes halogenated alkanes) is 2. The molecule has 4 atom stereocenters. The second kappa shape index (κ2) is 21.2. The first-order chi connectivity index (χ1) is 23.5. The number of hydrogen-bond acceptors (Lipinski definition) is 6. The number of rotatable bonds is 19. The molecule has 288 valence electrons. The van der Waals surface area contributed by atoms with Crippen molar-refractivity contribution in [2.24, 2.45) is 11.3 Å². The number of piperidine rings is 1. The molecule has 10 nitrogen and oxygen atoms in total. The monoisotopic (exact) mass is 703 g/mol. The van der Waals surface area contributed by atoms with E-state index in [0.717, 1.165) is 58.3 Å². The van der Waals surface area contributed by atoms with Crippen molar-refractivity contribution in [1.29, 1.82) is 0 Å². The molecule has 0 saturated carbocycles. The summed E-state index contributed by atoms with van der Waals surface area (Å²) >= 11 is 0. The van der Waals surface area contributed by atoms with Crippen LogP contribution in [0.25, 0.3) is 0 Å². The fourth-order valence-electron chi connectivity index (χ4n) is 7.41. The topological polar surface area (TPSA) is 105 Å². The van der Waals surface area contributed by atoms with Gasteiger partial charge in [-0.25, -0.2) is 0 Å². The second-order valence-corrected chi connectivity index (χ2v) is 16.5. The summed E-state index contributed by atoms with van der Waals surface area (Å²) in [4.78, 5) is 63.1. The highest BCUT2D eigenvalue weighted by Crippen LogP contribution is 2.27. The van der Waals surface area contributed by atoms with Crippen LogP contribution in [0.5, 0.6) is 0 Å². The van der Waals surface area contributed by atoms with E-state index in [0.29, 0.717) is 25.1 Å². The summed E-state index contributed by atoms with van der Waals surface area (Å²) in [6.45, 7) is 25.6. The minimum atomic E-state index is -0.723. The Kier molecular flexibility index (Phi) is 18.5. The highest BCUT2D eigenvalue weighted by molar-refractivity contribution is 5.97. The molecule has 2 aliphatic heterocycles. The first-order valence-corrected chi connectivity index (χ1v) is 19.9. The molecule has 2 unspecified atom stereocenters. The zero-order valence-electron chi connectivity index (χ0n) is 33.8. The van der Waals surface area contributed by atoms with E-state index in [4.69, 9.17) is 0 Å². The van der Waals surface area contributed by atoms with Gasteiger partial charge in [0, 0.05) is 31.8 Å². The van der Waals surface area contributed by atoms with Crippen LogP contribution < -0.4 is 10.6 Å². The Labute approximate surface area is 305 Å². The minimum Gasteiger partial charge on any atom is -0.354 e. The number of amides is 4. The van der Waals surface area contributed by atoms with Gasteiger partial charge in [0.25, 0.3) is 0 Å². The molecule has 4 amide bonds. The summed E-state index contributed by atoms with van der Waals surface area (Å²) < 4.78 is 0. The van der Waals surface area contributed by atoms with E-state index in [-0.39, 0.29) is 47.7 Å². The van der Waals surface area contributed by atoms with Crippen molar-refractivity contribution in [3.8, 4) is 0 Å². The molecular weight excluding hydrogens is 628 g/mol. The predicted octanol–water partition coefficient (Wildman–Crippen LogP) is 5.61. The summed E-state index contributed by atoms with van der Waals surface area (Å²) in [5.41, 5.74) is 0.00472. The maximum Gasteiger partial charge on any atom is 0.249 e. The van der Waals surface area contributed by atoms with Crippen LogP contribution in [-0.2, 0) is 19.2 Å². The highest BCUT2D eigenvalue weighted by Gasteiger charge is 2.40. The maximum absolute atomic E-state index is 14.2. The average molecular weight is 703 g/mol. The molecule has 0 aromatic heterocycles. The summed E-state index contributed by atoms with van der Waals surface area (Å²) in [6.07, 6.45) is 11.8. The molecule has 2 heterocycles. The molecule has 2 aliphatic rings. The molecule has 10 heteroatoms. The van der Waals surface area contributed by atoms with E-state index < -0.39 is 17.5 Å². The molecule has 0 aromatic carbocycles. The molecule has 0 aliphatic carbocycles. The van der Waals surface area contributed by atoms with Gasteiger partial charge in [-0.1, -0.05) is 73.8 Å². The number of hydrogen-bond donors (Lipinski definition) is 2. The summed E-state index contributed by atoms with van der Waals surface area (Å²) in [7, 11) is 1.77. The van der Waals surface area contributed by atoms with Crippen molar-refractivity contribution < 1.29 is 19.2 Å². The minimum absolute atomic E-state index is 0.0182. The first-order valence-electron chi connectivity index (χ1n) is 19.9. The van der Waals surface area contributed by atoms with Gasteiger partial charge in [-0.3, -0.25) is 24.1 Å². The number of likely N-dealkylation sites (tertiary alicyclic amines) is 2. The predicted molar refractivity (Wildman–Crippen MR) is 205 cm³/mol. The summed E-state index contributed by atoms with van der Waals surface area (Å²) in [5.74, 6) is -0.486. The van der Waals surface area contributed by atoms with Crippen LogP contribution in [0.4, 0.5) is 0 Å². The van der Waals surface area contributed by atoms with E-state index in [1.165, 1.54) is 25.7 Å². The third-order valence-electron chi connectivity index (χ3n) is 10.6. The van der Waals surface area contributed by atoms with Gasteiger partial charge in [-0.15, -0.1) is 0 Å². The van der Waals surface area contributed by atoms with Gasteiger partial charge in [0.2, 0.25) is 23.6 Å². The normalized spacial score (nSPS) is 20.4. The van der Waals surface area contributed by atoms with Crippen LogP contribution in [0.1, 0.15) is 133 Å². The number of carbonyl (C=O) groups excluding carboxylic acids is 4. The summed E-state index contributed by atoms with van der Waals surface area (Å²) in [5, 5.41) is 6.27. The molecular formula is C40H74N6O4. The van der Waals surface area contributed by atoms with Gasteiger partial charge in [0.1, 0.15) is 12.1 Å². The van der Waals surface area contributed by atoms with E-state index in [2.05, 4.69) is 48.1 Å². The zero-order valence-corrected chi connectivity index (χ0v) is 33.8. The quantitative estimate of drug-likeness (QED) is 0.134. The molecule has 0 bridgehead atoms. The van der Waals surface area contributed by atoms with Crippen LogP contribution in [0, 0.1) is 11.3 Å². The molecule has 2 fully saturated rings. The summed E-state index contributed by atoms with van der Waals surface area (Å²) in [6, 6.07) is -1.57. The van der Waals surface area contributed by atoms with E-state index in [9.17, 15) is 19.2 Å².